The molecule has 9 heavy (non-hydrogen) atoms. The van der Waals surface area contributed by atoms with Gasteiger partial charge in [-0.3, -0.25) is 0 Å². The lowest BCUT2D eigenvalue weighted by Gasteiger charge is -2.18. The van der Waals surface area contributed by atoms with Gasteiger partial charge in [0.05, 0.1) is 0 Å². The molecule has 4 heteroatoms. The second-order valence-corrected chi connectivity index (χ2v) is 1.80. The van der Waals surface area contributed by atoms with Crippen LogP contribution in [0.15, 0.2) is 0 Å². The Morgan fingerprint density at radius 1 is 1.78 bits per heavy atom. The molecule has 54 valence electrons. The van der Waals surface area contributed by atoms with Crippen molar-refractivity contribution in [3.8, 4) is 0 Å². The van der Waals surface area contributed by atoms with E-state index in [9.17, 15) is 4.79 Å². The van der Waals surface area contributed by atoms with Crippen molar-refractivity contribution in [3.63, 3.8) is 0 Å². The van der Waals surface area contributed by atoms with Gasteiger partial charge in [0.1, 0.15) is 6.23 Å². The quantitative estimate of drug-likeness (QED) is 0.477. The van der Waals surface area contributed by atoms with Crippen LogP contribution >= 0.6 is 0 Å². The zero-order valence-electron chi connectivity index (χ0n) is 5.88. The highest BCUT2D eigenvalue weighted by Gasteiger charge is 2.09. The maximum atomic E-state index is 10.6. The minimum Gasteiger partial charge on any atom is -0.374 e. The molecule has 0 aromatic carbocycles. The summed E-state index contributed by atoms with van der Waals surface area (Å²) in [6.45, 7) is 1.52. The van der Waals surface area contributed by atoms with Gasteiger partial charge in [-0.2, -0.15) is 0 Å². The summed E-state index contributed by atoms with van der Waals surface area (Å²) in [4.78, 5) is 11.8. The van der Waals surface area contributed by atoms with Gasteiger partial charge in [0.25, 0.3) is 0 Å². The smallest absolute Gasteiger partial charge is 0.318 e. The monoisotopic (exact) mass is 132 g/mol. The highest BCUT2D eigenvalue weighted by Crippen LogP contribution is 1.88. The first kappa shape index (κ1) is 8.23. The normalized spacial score (nSPS) is 12.4. The third-order valence-electron chi connectivity index (χ3n) is 1.09. The van der Waals surface area contributed by atoms with Gasteiger partial charge in [0.15, 0.2) is 0 Å². The van der Waals surface area contributed by atoms with Gasteiger partial charge in [-0.25, -0.2) is 4.79 Å². The number of rotatable bonds is 1. The molecule has 0 rings (SSSR count). The van der Waals surface area contributed by atoms with E-state index in [-0.39, 0.29) is 6.03 Å². The summed E-state index contributed by atoms with van der Waals surface area (Å²) in [7, 11) is 3.03. The fourth-order valence-corrected chi connectivity index (χ4v) is 0.346. The Kier molecular flexibility index (Phi) is 3.01. The number of nitrogens with zero attached hydrogens (tertiary/aromatic N) is 1. The third-order valence-corrected chi connectivity index (χ3v) is 1.09. The average molecular weight is 132 g/mol. The summed E-state index contributed by atoms with van der Waals surface area (Å²) < 4.78 is 0. The van der Waals surface area contributed by atoms with Crippen LogP contribution < -0.4 is 5.32 Å². The predicted octanol–water partition coefficient (Wildman–Crippen LogP) is -0.404. The number of hydrogen-bond acceptors (Lipinski definition) is 2. The van der Waals surface area contributed by atoms with Crippen molar-refractivity contribution in [1.82, 2.24) is 10.2 Å². The molecule has 0 aromatic heterocycles. The number of carbonyl (C=O) groups is 1. The largest absolute Gasteiger partial charge is 0.374 e. The summed E-state index contributed by atoms with van der Waals surface area (Å²) in [6.07, 6.45) is -0.732. The highest BCUT2D eigenvalue weighted by atomic mass is 16.3. The number of urea groups is 1. The number of amides is 2. The van der Waals surface area contributed by atoms with E-state index in [2.05, 4.69) is 5.32 Å². The van der Waals surface area contributed by atoms with E-state index < -0.39 is 6.23 Å². The van der Waals surface area contributed by atoms with Crippen molar-refractivity contribution in [1.29, 1.82) is 0 Å². The molecule has 0 aliphatic rings. The average Bonchev–Trinajstić information content (AvgIpc) is 1.84. The van der Waals surface area contributed by atoms with Crippen LogP contribution in [0.3, 0.4) is 0 Å². The van der Waals surface area contributed by atoms with Crippen LogP contribution in [0.25, 0.3) is 0 Å². The third kappa shape index (κ3) is 2.32. The standard InChI is InChI=1S/C5H12N2O2/c1-4(8)7(3)5(9)6-2/h4,8H,1-3H3,(H,6,9). The van der Waals surface area contributed by atoms with Gasteiger partial charge >= 0.3 is 6.03 Å². The van der Waals surface area contributed by atoms with Crippen LogP contribution in [0.4, 0.5) is 4.79 Å². The molecule has 2 amide bonds. The number of aliphatic hydroxyl groups excluding tert-OH is 1. The Balaban J connectivity index is 3.72. The van der Waals surface area contributed by atoms with E-state index in [1.54, 1.807) is 0 Å². The molecule has 0 heterocycles. The maximum absolute atomic E-state index is 10.6. The first-order valence-electron chi connectivity index (χ1n) is 2.72. The molecule has 0 fully saturated rings. The zero-order valence-corrected chi connectivity index (χ0v) is 5.88. The van der Waals surface area contributed by atoms with Gasteiger partial charge in [-0.05, 0) is 6.92 Å². The second kappa shape index (κ2) is 3.29. The Morgan fingerprint density at radius 2 is 2.22 bits per heavy atom. The number of aliphatic hydroxyl groups is 1. The number of nitrogens with one attached hydrogen (secondary N) is 1. The van der Waals surface area contributed by atoms with E-state index in [1.807, 2.05) is 0 Å². The lowest BCUT2D eigenvalue weighted by molar-refractivity contribution is 0.0627. The number of carbonyl (C=O) groups excluding carboxylic acids is 1. The van der Waals surface area contributed by atoms with Gasteiger partial charge in [0.2, 0.25) is 0 Å². The molecule has 0 saturated heterocycles. The minimum atomic E-state index is -0.732. The van der Waals surface area contributed by atoms with Crippen LogP contribution in [0.1, 0.15) is 6.92 Å². The zero-order chi connectivity index (χ0) is 7.44. The molecule has 0 bridgehead atoms. The molecule has 0 aromatic rings. The predicted molar refractivity (Wildman–Crippen MR) is 33.9 cm³/mol. The molecule has 0 spiro atoms. The molecule has 0 aliphatic heterocycles. The fraction of sp³-hybridized carbons (Fsp3) is 0.800. The van der Waals surface area contributed by atoms with Crippen LogP contribution in [-0.2, 0) is 0 Å². The SMILES string of the molecule is CNC(=O)N(C)C(C)O. The summed E-state index contributed by atoms with van der Waals surface area (Å²) >= 11 is 0. The first-order chi connectivity index (χ1) is 4.09. The maximum Gasteiger partial charge on any atom is 0.318 e. The van der Waals surface area contributed by atoms with Crippen molar-refractivity contribution >= 4 is 6.03 Å². The van der Waals surface area contributed by atoms with Crippen molar-refractivity contribution in [2.24, 2.45) is 0 Å². The van der Waals surface area contributed by atoms with Crippen molar-refractivity contribution in [2.75, 3.05) is 14.1 Å². The molecular formula is C5H12N2O2. The van der Waals surface area contributed by atoms with Crippen molar-refractivity contribution in [3.05, 3.63) is 0 Å². The van der Waals surface area contributed by atoms with E-state index in [0.29, 0.717) is 0 Å². The van der Waals surface area contributed by atoms with E-state index in [4.69, 9.17) is 5.11 Å². The molecule has 2 N–H and O–H groups in total. The van der Waals surface area contributed by atoms with Crippen LogP contribution in [-0.4, -0.2) is 36.4 Å². The Labute approximate surface area is 54.5 Å². The highest BCUT2D eigenvalue weighted by molar-refractivity contribution is 5.73. The summed E-state index contributed by atoms with van der Waals surface area (Å²) in [5.41, 5.74) is 0. The molecule has 4 nitrogen and oxygen atoms in total. The molecule has 1 unspecified atom stereocenters. The number of hydrogen-bond donors (Lipinski definition) is 2. The van der Waals surface area contributed by atoms with Crippen molar-refractivity contribution < 1.29 is 9.90 Å². The lowest BCUT2D eigenvalue weighted by Crippen LogP contribution is -2.40. The van der Waals surface area contributed by atoms with Crippen LogP contribution in [0.2, 0.25) is 0 Å². The van der Waals surface area contributed by atoms with Crippen molar-refractivity contribution in [2.45, 2.75) is 13.2 Å². The van der Waals surface area contributed by atoms with Gasteiger partial charge in [-0.15, -0.1) is 0 Å². The second-order valence-electron chi connectivity index (χ2n) is 1.80. The van der Waals surface area contributed by atoms with E-state index in [1.165, 1.54) is 25.9 Å². The molecule has 0 radical (unpaired) electrons. The fourth-order valence-electron chi connectivity index (χ4n) is 0.346. The minimum absolute atomic E-state index is 0.287. The topological polar surface area (TPSA) is 52.6 Å². The summed E-state index contributed by atoms with van der Waals surface area (Å²) in [5.74, 6) is 0. The Morgan fingerprint density at radius 3 is 2.33 bits per heavy atom. The molecular weight excluding hydrogens is 120 g/mol. The Bertz CT molecular complexity index is 103. The van der Waals surface area contributed by atoms with E-state index >= 15 is 0 Å². The van der Waals surface area contributed by atoms with Crippen LogP contribution in [0.5, 0.6) is 0 Å². The van der Waals surface area contributed by atoms with Gasteiger partial charge in [0, 0.05) is 14.1 Å². The molecule has 1 atom stereocenters. The molecule has 0 aliphatic carbocycles. The van der Waals surface area contributed by atoms with Gasteiger partial charge < -0.3 is 15.3 Å². The first-order valence-corrected chi connectivity index (χ1v) is 2.72. The summed E-state index contributed by atoms with van der Waals surface area (Å²) in [6, 6.07) is -0.287. The molecule has 0 saturated carbocycles. The lowest BCUT2D eigenvalue weighted by atomic mass is 10.6. The van der Waals surface area contributed by atoms with E-state index in [0.717, 1.165) is 0 Å². The summed E-state index contributed by atoms with van der Waals surface area (Å²) in [5, 5.41) is 11.2. The van der Waals surface area contributed by atoms with Gasteiger partial charge in [-0.1, -0.05) is 0 Å². The van der Waals surface area contributed by atoms with Crippen LogP contribution in [0, 0.1) is 0 Å². The Hall–Kier alpha value is -0.770.